The van der Waals surface area contributed by atoms with Crippen LogP contribution in [0.5, 0.6) is 0 Å². The number of ether oxygens (including phenoxy) is 3. The van der Waals surface area contributed by atoms with Crippen molar-refractivity contribution >= 4 is 6.41 Å². The second-order valence-corrected chi connectivity index (χ2v) is 7.29. The fourth-order valence-electron chi connectivity index (χ4n) is 2.71. The van der Waals surface area contributed by atoms with Crippen molar-refractivity contribution in [2.45, 2.75) is 97.4 Å². The van der Waals surface area contributed by atoms with E-state index in [1.165, 1.54) is 5.06 Å². The zero-order chi connectivity index (χ0) is 21.7. The fraction of sp³-hybridized carbons (Fsp3) is 0.955. The molecule has 0 saturated carbocycles. The molecule has 0 rings (SSSR count). The van der Waals surface area contributed by atoms with Crippen LogP contribution in [-0.4, -0.2) is 74.5 Å². The summed E-state index contributed by atoms with van der Waals surface area (Å²) in [5, 5.41) is 11.2. The van der Waals surface area contributed by atoms with Gasteiger partial charge in [0.25, 0.3) is 0 Å². The van der Waals surface area contributed by atoms with Crippen LogP contribution >= 0.6 is 0 Å². The largest absolute Gasteiger partial charge is 0.394 e. The van der Waals surface area contributed by atoms with Crippen LogP contribution in [0.4, 0.5) is 0 Å². The van der Waals surface area contributed by atoms with Crippen molar-refractivity contribution in [1.82, 2.24) is 5.06 Å². The maximum atomic E-state index is 11.5. The van der Waals surface area contributed by atoms with Crippen LogP contribution in [0.1, 0.15) is 79.1 Å². The van der Waals surface area contributed by atoms with Crippen LogP contribution in [-0.2, 0) is 23.8 Å². The van der Waals surface area contributed by atoms with E-state index in [-0.39, 0.29) is 13.2 Å². The molecule has 1 N–H and O–H groups in total. The van der Waals surface area contributed by atoms with E-state index in [2.05, 4.69) is 27.7 Å². The number of hydrogen-bond acceptors (Lipinski definition) is 6. The lowest BCUT2D eigenvalue weighted by Crippen LogP contribution is -2.50. The van der Waals surface area contributed by atoms with E-state index in [4.69, 9.17) is 19.0 Å². The van der Waals surface area contributed by atoms with Gasteiger partial charge in [0.15, 0.2) is 0 Å². The molecule has 0 spiro atoms. The third-order valence-electron chi connectivity index (χ3n) is 4.61. The summed E-state index contributed by atoms with van der Waals surface area (Å²) in [6.45, 7) is 10.6. The number of hydrogen-bond donors (Lipinski definition) is 1. The maximum Gasteiger partial charge on any atom is 0.233 e. The topological polar surface area (TPSA) is 77.5 Å². The average molecular weight is 420 g/mol. The van der Waals surface area contributed by atoms with Gasteiger partial charge in [0.05, 0.1) is 19.8 Å². The zero-order valence-electron chi connectivity index (χ0n) is 19.1. The van der Waals surface area contributed by atoms with Crippen LogP contribution in [0.2, 0.25) is 0 Å². The highest BCUT2D eigenvalue weighted by Gasteiger charge is 2.33. The summed E-state index contributed by atoms with van der Waals surface area (Å²) in [5.41, 5.74) is 0. The van der Waals surface area contributed by atoms with Crippen molar-refractivity contribution in [3.63, 3.8) is 0 Å². The molecule has 0 heterocycles. The Morgan fingerprint density at radius 2 is 1.24 bits per heavy atom. The number of carbonyl (C=O) groups excluding carboxylic acids is 1. The van der Waals surface area contributed by atoms with Crippen LogP contribution in [0.3, 0.4) is 0 Å². The normalized spacial score (nSPS) is 14.5. The molecule has 0 aliphatic carbocycles. The monoisotopic (exact) mass is 419 g/mol. The molecule has 0 aromatic heterocycles. The number of amides is 1. The Morgan fingerprint density at radius 3 is 1.72 bits per heavy atom. The molecule has 29 heavy (non-hydrogen) atoms. The van der Waals surface area contributed by atoms with Gasteiger partial charge in [0.1, 0.15) is 18.3 Å². The molecule has 7 nitrogen and oxygen atoms in total. The van der Waals surface area contributed by atoms with Crippen LogP contribution in [0.15, 0.2) is 0 Å². The lowest BCUT2D eigenvalue weighted by Gasteiger charge is -2.34. The minimum atomic E-state index is -0.505. The van der Waals surface area contributed by atoms with E-state index in [0.717, 1.165) is 51.4 Å². The molecule has 3 atom stereocenters. The molecule has 0 bridgehead atoms. The summed E-state index contributed by atoms with van der Waals surface area (Å²) in [5.74, 6) is 0. The number of aliphatic hydroxyl groups is 1. The molecule has 0 aliphatic heterocycles. The Kier molecular flexibility index (Phi) is 20.0. The van der Waals surface area contributed by atoms with Crippen LogP contribution in [0.25, 0.3) is 0 Å². The Morgan fingerprint density at radius 1 is 0.759 bits per heavy atom. The average Bonchev–Trinajstić information content (AvgIpc) is 2.73. The smallest absolute Gasteiger partial charge is 0.233 e. The van der Waals surface area contributed by atoms with Gasteiger partial charge in [0, 0.05) is 19.8 Å². The molecule has 0 unspecified atom stereocenters. The van der Waals surface area contributed by atoms with Gasteiger partial charge in [-0.25, -0.2) is 5.06 Å². The third-order valence-corrected chi connectivity index (χ3v) is 4.61. The lowest BCUT2D eigenvalue weighted by molar-refractivity contribution is -0.203. The Labute approximate surface area is 178 Å². The first-order valence-corrected chi connectivity index (χ1v) is 11.5. The number of unbranched alkanes of at least 4 members (excludes halogenated alkanes) is 4. The minimum absolute atomic E-state index is 0.161. The SMILES string of the molecule is CCCCO[C@@H]([C@@H](CO)OCCCC)[C@@H](CN(C=O)OCCCC)OCCCC. The van der Waals surface area contributed by atoms with E-state index in [1.54, 1.807) is 0 Å². The highest BCUT2D eigenvalue weighted by molar-refractivity contribution is 5.45. The molecule has 0 saturated heterocycles. The molecule has 0 fully saturated rings. The second-order valence-electron chi connectivity index (χ2n) is 7.29. The molecule has 174 valence electrons. The number of rotatable bonds is 22. The van der Waals surface area contributed by atoms with Gasteiger partial charge in [0.2, 0.25) is 6.41 Å². The van der Waals surface area contributed by atoms with Gasteiger partial charge in [-0.1, -0.05) is 53.4 Å². The summed E-state index contributed by atoms with van der Waals surface area (Å²) in [4.78, 5) is 17.1. The highest BCUT2D eigenvalue weighted by Crippen LogP contribution is 2.16. The van der Waals surface area contributed by atoms with E-state index in [9.17, 15) is 9.90 Å². The van der Waals surface area contributed by atoms with E-state index in [0.29, 0.717) is 32.8 Å². The molecule has 7 heteroatoms. The van der Waals surface area contributed by atoms with Crippen molar-refractivity contribution in [2.24, 2.45) is 0 Å². The standard InChI is InChI=1S/C22H45NO6/c1-5-9-13-26-20(17-23(19-25)29-16-12-8-4)22(28-15-11-7-3)21(18-24)27-14-10-6-2/h19-22,24H,5-18H2,1-4H3/t20-,21-,22-/m1/s1. The molecular weight excluding hydrogens is 374 g/mol. The number of carbonyl (C=O) groups is 1. The fourth-order valence-corrected chi connectivity index (χ4v) is 2.71. The first kappa shape index (κ1) is 28.3. The molecule has 0 radical (unpaired) electrons. The van der Waals surface area contributed by atoms with Gasteiger partial charge in [-0.05, 0) is 25.7 Å². The molecular formula is C22H45NO6. The summed E-state index contributed by atoms with van der Waals surface area (Å²) in [6, 6.07) is 0. The summed E-state index contributed by atoms with van der Waals surface area (Å²) in [7, 11) is 0. The van der Waals surface area contributed by atoms with Crippen molar-refractivity contribution in [1.29, 1.82) is 0 Å². The summed E-state index contributed by atoms with van der Waals surface area (Å²) < 4.78 is 18.2. The van der Waals surface area contributed by atoms with E-state index in [1.807, 2.05) is 0 Å². The van der Waals surface area contributed by atoms with Gasteiger partial charge in [-0.2, -0.15) is 0 Å². The zero-order valence-corrected chi connectivity index (χ0v) is 19.1. The molecule has 0 aliphatic rings. The summed E-state index contributed by atoms with van der Waals surface area (Å²) in [6.07, 6.45) is 6.90. The van der Waals surface area contributed by atoms with Gasteiger partial charge in [-0.15, -0.1) is 0 Å². The van der Waals surface area contributed by atoms with Crippen molar-refractivity contribution < 1.29 is 28.9 Å². The predicted molar refractivity (Wildman–Crippen MR) is 115 cm³/mol. The number of aliphatic hydroxyl groups excluding tert-OH is 1. The van der Waals surface area contributed by atoms with Gasteiger partial charge < -0.3 is 19.3 Å². The van der Waals surface area contributed by atoms with E-state index >= 15 is 0 Å². The van der Waals surface area contributed by atoms with E-state index < -0.39 is 18.3 Å². The number of hydroxylamine groups is 2. The molecule has 0 aromatic carbocycles. The van der Waals surface area contributed by atoms with Gasteiger partial charge in [-0.3, -0.25) is 9.63 Å². The van der Waals surface area contributed by atoms with Crippen molar-refractivity contribution in [3.8, 4) is 0 Å². The first-order valence-electron chi connectivity index (χ1n) is 11.5. The summed E-state index contributed by atoms with van der Waals surface area (Å²) >= 11 is 0. The van der Waals surface area contributed by atoms with Gasteiger partial charge >= 0.3 is 0 Å². The molecule has 0 aromatic rings. The second kappa shape index (κ2) is 20.5. The van der Waals surface area contributed by atoms with Crippen LogP contribution < -0.4 is 0 Å². The third kappa shape index (κ3) is 14.0. The highest BCUT2D eigenvalue weighted by atomic mass is 16.7. The minimum Gasteiger partial charge on any atom is -0.394 e. The lowest BCUT2D eigenvalue weighted by atomic mass is 10.1. The predicted octanol–water partition coefficient (Wildman–Crippen LogP) is 3.72. The Bertz CT molecular complexity index is 358. The van der Waals surface area contributed by atoms with Crippen molar-refractivity contribution in [3.05, 3.63) is 0 Å². The first-order chi connectivity index (χ1) is 14.2. The Hall–Kier alpha value is -0.730. The number of nitrogens with zero attached hydrogens (tertiary/aromatic N) is 1. The maximum absolute atomic E-state index is 11.5. The molecule has 1 amide bonds. The van der Waals surface area contributed by atoms with Crippen LogP contribution in [0, 0.1) is 0 Å². The quantitative estimate of drug-likeness (QED) is 0.164. The van der Waals surface area contributed by atoms with Crippen molar-refractivity contribution in [2.75, 3.05) is 39.6 Å². The Balaban J connectivity index is 5.26.